The van der Waals surface area contributed by atoms with Crippen molar-refractivity contribution in [2.75, 3.05) is 20.8 Å². The first-order valence-electron chi connectivity index (χ1n) is 19.0. The molecular formula is C43H48ClF3N4O9. The molecule has 13 nitrogen and oxygen atoms in total. The van der Waals surface area contributed by atoms with E-state index < -0.39 is 71.7 Å². The lowest BCUT2D eigenvalue weighted by molar-refractivity contribution is -0.274. The molecule has 5 N–H and O–H groups in total. The van der Waals surface area contributed by atoms with Crippen LogP contribution in [0.2, 0.25) is 5.02 Å². The molecule has 1 aromatic heterocycles. The van der Waals surface area contributed by atoms with Gasteiger partial charge < -0.3 is 45.1 Å². The number of nitrogens with one attached hydrogen (secondary N) is 3. The van der Waals surface area contributed by atoms with Crippen LogP contribution < -0.4 is 30.2 Å². The topological polar surface area (TPSA) is 178 Å². The number of carbonyl (C=O) groups is 3. The molecule has 3 aromatic carbocycles. The Hall–Kier alpha value is -5.58. The smallest absolute Gasteiger partial charge is 0.490 e. The van der Waals surface area contributed by atoms with Gasteiger partial charge in [-0.05, 0) is 77.8 Å². The first kappa shape index (κ1) is 45.5. The molecule has 0 radical (unpaired) electrons. The van der Waals surface area contributed by atoms with Crippen LogP contribution in [-0.2, 0) is 27.2 Å². The first-order valence-corrected chi connectivity index (χ1v) is 19.4. The minimum absolute atomic E-state index is 0.0525. The number of nitrogens with zero attached hydrogens (tertiary/aromatic N) is 1. The maximum atomic E-state index is 14.3. The Labute approximate surface area is 350 Å². The summed E-state index contributed by atoms with van der Waals surface area (Å²) >= 11 is 6.26. The lowest BCUT2D eigenvalue weighted by Gasteiger charge is -2.34. The highest BCUT2D eigenvalue weighted by molar-refractivity contribution is 6.30. The SMILES string of the molecule is COC(=O)N[C@H](C(=O)N[C@@H](Cc1ccc(-c2ccc(OC)nc2)cc1)[C@@H](O)C[C@@H](Cc1cccc(OC(F)(F)F)c1)C(=O)N[C@H]1c2cc(Cl)ccc2OC[C@H]1O)C(C)(C)C. The number of rotatable bonds is 15. The average Bonchev–Trinajstić information content (AvgIpc) is 3.19. The van der Waals surface area contributed by atoms with Gasteiger partial charge in [-0.2, -0.15) is 0 Å². The molecule has 4 aromatic rings. The van der Waals surface area contributed by atoms with Gasteiger partial charge in [-0.3, -0.25) is 9.59 Å². The van der Waals surface area contributed by atoms with Gasteiger partial charge in [0.15, 0.2) is 0 Å². The van der Waals surface area contributed by atoms with Crippen LogP contribution in [0.15, 0.2) is 85.1 Å². The van der Waals surface area contributed by atoms with Gasteiger partial charge in [-0.25, -0.2) is 9.78 Å². The van der Waals surface area contributed by atoms with Gasteiger partial charge >= 0.3 is 12.5 Å². The third-order valence-corrected chi connectivity index (χ3v) is 10.2. The zero-order chi connectivity index (χ0) is 43.8. The van der Waals surface area contributed by atoms with Crippen LogP contribution >= 0.6 is 11.6 Å². The number of alkyl carbamates (subject to hydrolysis) is 1. The van der Waals surface area contributed by atoms with Crippen molar-refractivity contribution in [2.45, 2.75) is 76.7 Å². The highest BCUT2D eigenvalue weighted by Gasteiger charge is 2.38. The van der Waals surface area contributed by atoms with Crippen LogP contribution in [0.25, 0.3) is 11.1 Å². The number of aliphatic hydroxyl groups excluding tert-OH is 2. The van der Waals surface area contributed by atoms with Gasteiger partial charge in [0.25, 0.3) is 0 Å². The zero-order valence-electron chi connectivity index (χ0n) is 33.6. The predicted octanol–water partition coefficient (Wildman–Crippen LogP) is 6.33. The van der Waals surface area contributed by atoms with Crippen molar-refractivity contribution in [2.24, 2.45) is 11.3 Å². The summed E-state index contributed by atoms with van der Waals surface area (Å²) < 4.78 is 59.2. The molecule has 1 aliphatic heterocycles. The summed E-state index contributed by atoms with van der Waals surface area (Å²) in [5.41, 5.74) is 2.19. The fraction of sp³-hybridized carbons (Fsp3) is 0.395. The largest absolute Gasteiger partial charge is 0.573 e. The van der Waals surface area contributed by atoms with E-state index >= 15 is 0 Å². The first-order chi connectivity index (χ1) is 28.3. The van der Waals surface area contributed by atoms with Crippen LogP contribution in [-0.4, -0.2) is 84.6 Å². The maximum absolute atomic E-state index is 14.3. The number of ether oxygens (including phenoxy) is 4. The summed E-state index contributed by atoms with van der Waals surface area (Å²) in [7, 11) is 2.68. The molecule has 1 aliphatic rings. The Morgan fingerprint density at radius 1 is 0.917 bits per heavy atom. The van der Waals surface area contributed by atoms with Crippen molar-refractivity contribution < 1.29 is 56.7 Å². The van der Waals surface area contributed by atoms with E-state index in [1.165, 1.54) is 19.2 Å². The lowest BCUT2D eigenvalue weighted by atomic mass is 9.85. The van der Waals surface area contributed by atoms with E-state index in [1.807, 2.05) is 30.3 Å². The van der Waals surface area contributed by atoms with Crippen molar-refractivity contribution in [3.8, 4) is 28.5 Å². The molecule has 0 aliphatic carbocycles. The number of benzene rings is 3. The monoisotopic (exact) mass is 856 g/mol. The molecule has 0 spiro atoms. The normalized spacial score (nSPS) is 17.1. The Bertz CT molecular complexity index is 2100. The quantitative estimate of drug-likeness (QED) is 0.0909. The Morgan fingerprint density at radius 2 is 1.63 bits per heavy atom. The van der Waals surface area contributed by atoms with Gasteiger partial charge in [0, 0.05) is 34.3 Å². The molecular weight excluding hydrogens is 809 g/mol. The van der Waals surface area contributed by atoms with Crippen molar-refractivity contribution in [3.05, 3.63) is 107 Å². The number of fused-ring (bicyclic) bond motifs is 1. The Balaban J connectivity index is 1.48. The van der Waals surface area contributed by atoms with Crippen LogP contribution in [0.1, 0.15) is 49.9 Å². The number of carbonyl (C=O) groups excluding carboxylic acids is 3. The van der Waals surface area contributed by atoms with Crippen LogP contribution in [0.5, 0.6) is 17.4 Å². The minimum atomic E-state index is -4.97. The van der Waals surface area contributed by atoms with Crippen LogP contribution in [0, 0.1) is 11.3 Å². The van der Waals surface area contributed by atoms with E-state index in [2.05, 4.69) is 25.7 Å². The molecule has 322 valence electrons. The highest BCUT2D eigenvalue weighted by atomic mass is 35.5. The summed E-state index contributed by atoms with van der Waals surface area (Å²) in [5.74, 6) is -2.12. The molecule has 0 bridgehead atoms. The number of hydrogen-bond acceptors (Lipinski definition) is 10. The number of amides is 3. The number of aliphatic hydroxyl groups is 2. The number of methoxy groups -OCH3 is 2. The fourth-order valence-corrected chi connectivity index (χ4v) is 7.05. The van der Waals surface area contributed by atoms with E-state index in [-0.39, 0.29) is 31.4 Å². The summed E-state index contributed by atoms with van der Waals surface area (Å²) in [6.07, 6.45) is -7.26. The second-order valence-electron chi connectivity index (χ2n) is 15.5. The molecule has 60 heavy (non-hydrogen) atoms. The van der Waals surface area contributed by atoms with Crippen molar-refractivity contribution in [3.63, 3.8) is 0 Å². The third-order valence-electron chi connectivity index (χ3n) is 9.97. The fourth-order valence-electron chi connectivity index (χ4n) is 6.87. The van der Waals surface area contributed by atoms with Gasteiger partial charge in [0.05, 0.1) is 32.4 Å². The van der Waals surface area contributed by atoms with Crippen molar-refractivity contribution in [1.29, 1.82) is 0 Å². The zero-order valence-corrected chi connectivity index (χ0v) is 34.3. The third kappa shape index (κ3) is 12.5. The molecule has 0 saturated heterocycles. The van der Waals surface area contributed by atoms with E-state index in [0.29, 0.717) is 27.8 Å². The molecule has 6 atom stereocenters. The summed E-state index contributed by atoms with van der Waals surface area (Å²) in [6, 6.07) is 17.5. The summed E-state index contributed by atoms with van der Waals surface area (Å²) in [6.45, 7) is 5.05. The molecule has 0 saturated carbocycles. The van der Waals surface area contributed by atoms with Gasteiger partial charge in [-0.15, -0.1) is 13.2 Å². The average molecular weight is 857 g/mol. The molecule has 3 amide bonds. The number of alkyl halides is 3. The molecule has 0 unspecified atom stereocenters. The van der Waals surface area contributed by atoms with E-state index in [9.17, 15) is 37.8 Å². The van der Waals surface area contributed by atoms with Crippen LogP contribution in [0.4, 0.5) is 18.0 Å². The van der Waals surface area contributed by atoms with E-state index in [0.717, 1.165) is 30.4 Å². The number of hydrogen-bond donors (Lipinski definition) is 5. The minimum Gasteiger partial charge on any atom is -0.490 e. The van der Waals surface area contributed by atoms with Gasteiger partial charge in [0.2, 0.25) is 17.7 Å². The molecule has 17 heteroatoms. The van der Waals surface area contributed by atoms with E-state index in [1.54, 1.807) is 51.2 Å². The number of pyridine rings is 1. The maximum Gasteiger partial charge on any atom is 0.573 e. The predicted molar refractivity (Wildman–Crippen MR) is 215 cm³/mol. The second kappa shape index (κ2) is 19.7. The molecule has 2 heterocycles. The molecule has 0 fully saturated rings. The standard InChI is InChI=1S/C43H48ClF3N4O9/c1-42(2,3)38(51-41(56)58-5)40(55)49-32(19-24-9-11-26(12-10-24)27-13-16-36(57-4)48-22-27)33(52)20-28(17-25-7-6-8-30(18-25)60-43(45,46)47)39(54)50-37-31-21-29(44)14-15-35(31)59-23-34(37)53/h6-16,18,21-22,28,32-34,37-38,52-53H,17,19-20,23H2,1-5H3,(H,49,55)(H,50,54)(H,51,56)/t28-,32+,33+,34-,37+,38-/m1/s1. The number of aromatic nitrogens is 1. The van der Waals surface area contributed by atoms with Crippen molar-refractivity contribution >= 4 is 29.5 Å². The van der Waals surface area contributed by atoms with Crippen LogP contribution in [0.3, 0.4) is 0 Å². The Kier molecular flexibility index (Phi) is 14.9. The highest BCUT2D eigenvalue weighted by Crippen LogP contribution is 2.35. The lowest BCUT2D eigenvalue weighted by Crippen LogP contribution is -2.57. The number of halogens is 4. The van der Waals surface area contributed by atoms with Gasteiger partial charge in [0.1, 0.15) is 30.3 Å². The van der Waals surface area contributed by atoms with Gasteiger partial charge in [-0.1, -0.05) is 68.8 Å². The molecule has 5 rings (SSSR count). The van der Waals surface area contributed by atoms with Crippen molar-refractivity contribution in [1.82, 2.24) is 20.9 Å². The summed E-state index contributed by atoms with van der Waals surface area (Å²) in [4.78, 5) is 44.9. The van der Waals surface area contributed by atoms with E-state index in [4.69, 9.17) is 25.8 Å². The Morgan fingerprint density at radius 3 is 2.27 bits per heavy atom. The summed E-state index contributed by atoms with van der Waals surface area (Å²) in [5, 5.41) is 31.6. The second-order valence-corrected chi connectivity index (χ2v) is 15.9.